The van der Waals surface area contributed by atoms with E-state index in [1.165, 1.54) is 16.5 Å². The first-order valence-corrected chi connectivity index (χ1v) is 6.48. The van der Waals surface area contributed by atoms with Crippen molar-refractivity contribution in [1.29, 1.82) is 0 Å². The van der Waals surface area contributed by atoms with Gasteiger partial charge in [0.25, 0.3) is 0 Å². The summed E-state index contributed by atoms with van der Waals surface area (Å²) in [6.07, 6.45) is 1.02. The summed E-state index contributed by atoms with van der Waals surface area (Å²) in [6, 6.07) is 7.14. The molecule has 4 heteroatoms. The molecule has 0 amide bonds. The van der Waals surface area contributed by atoms with Crippen LogP contribution in [0.5, 0.6) is 0 Å². The van der Waals surface area contributed by atoms with Crippen molar-refractivity contribution in [2.45, 2.75) is 13.0 Å². The van der Waals surface area contributed by atoms with Gasteiger partial charge < -0.3 is 10.6 Å². The lowest BCUT2D eigenvalue weighted by atomic mass is 10.1. The van der Waals surface area contributed by atoms with E-state index in [4.69, 9.17) is 5.73 Å². The second-order valence-corrected chi connectivity index (χ2v) is 5.21. The number of benzene rings is 1. The van der Waals surface area contributed by atoms with Crippen LogP contribution in [0.2, 0.25) is 0 Å². The number of para-hydroxylation sites is 1. The van der Waals surface area contributed by atoms with Crippen LogP contribution in [0.25, 0.3) is 0 Å². The topological polar surface area (TPSA) is 29.3 Å². The normalized spacial score (nSPS) is 14.8. The molecule has 2 nitrogen and oxygen atoms in total. The number of nitrogens with zero attached hydrogens (tertiary/aromatic N) is 1. The van der Waals surface area contributed by atoms with Gasteiger partial charge in [-0.05, 0) is 35.6 Å². The van der Waals surface area contributed by atoms with Crippen molar-refractivity contribution in [1.82, 2.24) is 0 Å². The molecular formula is C13H13FN2S. The van der Waals surface area contributed by atoms with Gasteiger partial charge >= 0.3 is 0 Å². The van der Waals surface area contributed by atoms with E-state index in [1.807, 2.05) is 6.07 Å². The summed E-state index contributed by atoms with van der Waals surface area (Å²) in [5.74, 6) is -0.335. The Hall–Kier alpha value is -1.55. The Bertz CT molecular complexity index is 550. The lowest BCUT2D eigenvalue weighted by Gasteiger charge is -2.30. The van der Waals surface area contributed by atoms with Crippen LogP contribution < -0.4 is 10.6 Å². The predicted molar refractivity (Wildman–Crippen MR) is 69.9 cm³/mol. The number of fused-ring (bicyclic) bond motifs is 1. The van der Waals surface area contributed by atoms with Crippen molar-refractivity contribution in [3.05, 3.63) is 45.9 Å². The molecule has 0 saturated heterocycles. The van der Waals surface area contributed by atoms with E-state index in [0.29, 0.717) is 0 Å². The van der Waals surface area contributed by atoms with Gasteiger partial charge in [-0.1, -0.05) is 6.07 Å². The van der Waals surface area contributed by atoms with Crippen LogP contribution in [0, 0.1) is 5.82 Å². The Labute approximate surface area is 103 Å². The molecule has 3 rings (SSSR count). The first-order chi connectivity index (χ1) is 8.25. The molecule has 2 N–H and O–H groups in total. The van der Waals surface area contributed by atoms with Crippen molar-refractivity contribution >= 4 is 22.7 Å². The second kappa shape index (κ2) is 4.04. The molecular weight excluding hydrogens is 235 g/mol. The maximum absolute atomic E-state index is 13.4. The third kappa shape index (κ3) is 1.78. The fourth-order valence-corrected chi connectivity index (χ4v) is 3.15. The molecule has 0 bridgehead atoms. The number of hydrogen-bond donors (Lipinski definition) is 1. The fraction of sp³-hybridized carbons (Fsp3) is 0.231. The SMILES string of the molecule is Nc1c(F)cccc1N1CCc2sccc2C1. The Kier molecular flexibility index (Phi) is 2.52. The standard InChI is InChI=1S/C13H13FN2S/c14-10-2-1-3-11(13(10)15)16-6-4-12-9(8-16)5-7-17-12/h1-3,5,7H,4,6,8,15H2. The van der Waals surface area contributed by atoms with Crippen LogP contribution in [0.15, 0.2) is 29.6 Å². The van der Waals surface area contributed by atoms with E-state index >= 15 is 0 Å². The van der Waals surface area contributed by atoms with Gasteiger partial charge in [0.1, 0.15) is 5.82 Å². The zero-order chi connectivity index (χ0) is 11.8. The number of nitrogen functional groups attached to an aromatic ring is 1. The second-order valence-electron chi connectivity index (χ2n) is 4.21. The first-order valence-electron chi connectivity index (χ1n) is 5.60. The number of hydrogen-bond acceptors (Lipinski definition) is 3. The number of rotatable bonds is 1. The van der Waals surface area contributed by atoms with E-state index in [9.17, 15) is 4.39 Å². The van der Waals surface area contributed by atoms with E-state index in [1.54, 1.807) is 17.4 Å². The lowest BCUT2D eigenvalue weighted by molar-refractivity contribution is 0.630. The summed E-state index contributed by atoms with van der Waals surface area (Å²) in [5, 5.41) is 2.11. The number of halogens is 1. The van der Waals surface area contributed by atoms with Crippen LogP contribution in [0.3, 0.4) is 0 Å². The third-order valence-corrected chi connectivity index (χ3v) is 4.20. The molecule has 0 unspecified atom stereocenters. The van der Waals surface area contributed by atoms with E-state index < -0.39 is 0 Å². The minimum atomic E-state index is -0.335. The van der Waals surface area contributed by atoms with Gasteiger partial charge in [0.05, 0.1) is 11.4 Å². The Morgan fingerprint density at radius 1 is 1.29 bits per heavy atom. The van der Waals surface area contributed by atoms with Gasteiger partial charge in [0, 0.05) is 18.0 Å². The Balaban J connectivity index is 1.94. The van der Waals surface area contributed by atoms with Crippen molar-refractivity contribution in [2.24, 2.45) is 0 Å². The summed E-state index contributed by atoms with van der Waals surface area (Å²) >= 11 is 1.80. The predicted octanol–water partition coefficient (Wildman–Crippen LogP) is 3.03. The number of anilines is 2. The van der Waals surface area contributed by atoms with Crippen molar-refractivity contribution in [3.8, 4) is 0 Å². The zero-order valence-corrected chi connectivity index (χ0v) is 10.1. The molecule has 0 atom stereocenters. The van der Waals surface area contributed by atoms with Crippen LogP contribution >= 0.6 is 11.3 Å². The summed E-state index contributed by atoms with van der Waals surface area (Å²) in [5.41, 5.74) is 8.20. The molecule has 1 aliphatic heterocycles. The maximum atomic E-state index is 13.4. The summed E-state index contributed by atoms with van der Waals surface area (Å²) in [7, 11) is 0. The molecule has 88 valence electrons. The lowest BCUT2D eigenvalue weighted by Crippen LogP contribution is -2.30. The van der Waals surface area contributed by atoms with Crippen LogP contribution in [-0.4, -0.2) is 6.54 Å². The molecule has 1 aromatic heterocycles. The smallest absolute Gasteiger partial charge is 0.148 e. The van der Waals surface area contributed by atoms with Gasteiger partial charge in [-0.25, -0.2) is 4.39 Å². The largest absolute Gasteiger partial charge is 0.395 e. The average Bonchev–Trinajstić information content (AvgIpc) is 2.79. The number of thiophene rings is 1. The zero-order valence-electron chi connectivity index (χ0n) is 9.32. The molecule has 1 aliphatic rings. The summed E-state index contributed by atoms with van der Waals surface area (Å²) in [4.78, 5) is 3.59. The fourth-order valence-electron chi connectivity index (χ4n) is 2.26. The minimum Gasteiger partial charge on any atom is -0.395 e. The highest BCUT2D eigenvalue weighted by molar-refractivity contribution is 7.10. The monoisotopic (exact) mass is 248 g/mol. The summed E-state index contributed by atoms with van der Waals surface area (Å²) < 4.78 is 13.4. The van der Waals surface area contributed by atoms with Crippen molar-refractivity contribution < 1.29 is 4.39 Å². The van der Waals surface area contributed by atoms with Crippen LogP contribution in [-0.2, 0) is 13.0 Å². The van der Waals surface area contributed by atoms with Gasteiger partial charge in [0.15, 0.2) is 0 Å². The van der Waals surface area contributed by atoms with Crippen molar-refractivity contribution in [3.63, 3.8) is 0 Å². The average molecular weight is 248 g/mol. The summed E-state index contributed by atoms with van der Waals surface area (Å²) in [6.45, 7) is 1.73. The minimum absolute atomic E-state index is 0.256. The van der Waals surface area contributed by atoms with Crippen LogP contribution in [0.1, 0.15) is 10.4 Å². The third-order valence-electron chi connectivity index (χ3n) is 3.18. The first kappa shape index (κ1) is 10.6. The van der Waals surface area contributed by atoms with Gasteiger partial charge in [0.2, 0.25) is 0 Å². The molecule has 2 heterocycles. The Morgan fingerprint density at radius 2 is 2.18 bits per heavy atom. The molecule has 1 aromatic carbocycles. The van der Waals surface area contributed by atoms with E-state index in [-0.39, 0.29) is 11.5 Å². The molecule has 0 aliphatic carbocycles. The molecule has 2 aromatic rings. The van der Waals surface area contributed by atoms with Crippen molar-refractivity contribution in [2.75, 3.05) is 17.2 Å². The van der Waals surface area contributed by atoms with E-state index in [2.05, 4.69) is 16.3 Å². The Morgan fingerprint density at radius 3 is 3.06 bits per heavy atom. The quantitative estimate of drug-likeness (QED) is 0.786. The molecule has 0 fully saturated rings. The maximum Gasteiger partial charge on any atom is 0.148 e. The molecule has 0 saturated carbocycles. The van der Waals surface area contributed by atoms with Gasteiger partial charge in [-0.2, -0.15) is 0 Å². The van der Waals surface area contributed by atoms with Crippen LogP contribution in [0.4, 0.5) is 15.8 Å². The molecule has 17 heavy (non-hydrogen) atoms. The van der Waals surface area contributed by atoms with Gasteiger partial charge in [-0.3, -0.25) is 0 Å². The highest BCUT2D eigenvalue weighted by atomic mass is 32.1. The molecule has 0 radical (unpaired) electrons. The molecule has 0 spiro atoms. The highest BCUT2D eigenvalue weighted by Crippen LogP contribution is 2.31. The van der Waals surface area contributed by atoms with E-state index in [0.717, 1.165) is 25.2 Å². The number of nitrogens with two attached hydrogens (primary N) is 1. The van der Waals surface area contributed by atoms with Gasteiger partial charge in [-0.15, -0.1) is 11.3 Å². The highest BCUT2D eigenvalue weighted by Gasteiger charge is 2.19.